The van der Waals surface area contributed by atoms with Crippen molar-refractivity contribution < 1.29 is 4.79 Å². The van der Waals surface area contributed by atoms with E-state index in [1.54, 1.807) is 11.8 Å². The van der Waals surface area contributed by atoms with E-state index in [1.807, 2.05) is 24.1 Å². The van der Waals surface area contributed by atoms with Crippen LogP contribution in [0.25, 0.3) is 0 Å². The van der Waals surface area contributed by atoms with E-state index in [2.05, 4.69) is 42.2 Å². The van der Waals surface area contributed by atoms with Gasteiger partial charge in [-0.2, -0.15) is 11.8 Å². The summed E-state index contributed by atoms with van der Waals surface area (Å²) < 4.78 is 0. The number of amides is 1. The van der Waals surface area contributed by atoms with Crippen LogP contribution in [0.15, 0.2) is 24.3 Å². The van der Waals surface area contributed by atoms with Gasteiger partial charge in [-0.25, -0.2) is 0 Å². The third-order valence-corrected chi connectivity index (χ3v) is 5.38. The summed E-state index contributed by atoms with van der Waals surface area (Å²) in [5.41, 5.74) is 2.03. The third kappa shape index (κ3) is 5.23. The van der Waals surface area contributed by atoms with Crippen molar-refractivity contribution in [3.05, 3.63) is 35.4 Å². The van der Waals surface area contributed by atoms with Crippen LogP contribution in [0.1, 0.15) is 22.8 Å². The number of hydrogen-bond donors (Lipinski definition) is 0. The van der Waals surface area contributed by atoms with E-state index in [0.29, 0.717) is 0 Å². The second kappa shape index (κ2) is 8.71. The number of benzene rings is 1. The highest BCUT2D eigenvalue weighted by Gasteiger charge is 2.18. The number of carbonyl (C=O) groups excluding carboxylic acids is 1. The Kier molecular flexibility index (Phi) is 6.93. The number of carbonyl (C=O) groups is 1. The molecule has 1 aromatic carbocycles. The standard InChI is InChI=1S/C18H29N3OS/c1-15(14-23-4)20(3)18(22)17-7-5-6-16(12-17)13-21-10-8-19(2)9-11-21/h5-7,12,15H,8-11,13-14H2,1-4H3/t15-/m1/s1. The summed E-state index contributed by atoms with van der Waals surface area (Å²) in [6.45, 7) is 7.46. The fourth-order valence-corrected chi connectivity index (χ4v) is 3.53. The van der Waals surface area contributed by atoms with E-state index in [1.165, 1.54) is 5.56 Å². The summed E-state index contributed by atoms with van der Waals surface area (Å²) >= 11 is 1.77. The molecule has 0 aliphatic carbocycles. The van der Waals surface area contributed by atoms with E-state index in [4.69, 9.17) is 0 Å². The van der Waals surface area contributed by atoms with Gasteiger partial charge < -0.3 is 9.80 Å². The summed E-state index contributed by atoms with van der Waals surface area (Å²) in [5.74, 6) is 1.08. The third-order valence-electron chi connectivity index (χ3n) is 4.57. The van der Waals surface area contributed by atoms with Gasteiger partial charge in [0.25, 0.3) is 5.91 Å². The Morgan fingerprint density at radius 2 is 2.00 bits per heavy atom. The van der Waals surface area contributed by atoms with Crippen LogP contribution in [0.5, 0.6) is 0 Å². The minimum atomic E-state index is 0.117. The number of thioether (sulfide) groups is 1. The van der Waals surface area contributed by atoms with Gasteiger partial charge in [0, 0.05) is 57.1 Å². The molecular weight excluding hydrogens is 306 g/mol. The van der Waals surface area contributed by atoms with Crippen LogP contribution in [0.3, 0.4) is 0 Å². The lowest BCUT2D eigenvalue weighted by atomic mass is 10.1. The quantitative estimate of drug-likeness (QED) is 0.797. The van der Waals surface area contributed by atoms with Gasteiger partial charge in [0.05, 0.1) is 0 Å². The van der Waals surface area contributed by atoms with E-state index in [-0.39, 0.29) is 11.9 Å². The zero-order valence-corrected chi connectivity index (χ0v) is 15.6. The molecule has 1 aliphatic heterocycles. The van der Waals surface area contributed by atoms with Crippen LogP contribution < -0.4 is 0 Å². The highest BCUT2D eigenvalue weighted by molar-refractivity contribution is 7.98. The molecule has 0 bridgehead atoms. The minimum Gasteiger partial charge on any atom is -0.338 e. The van der Waals surface area contributed by atoms with Gasteiger partial charge >= 0.3 is 0 Å². The Balaban J connectivity index is 2.00. The van der Waals surface area contributed by atoms with Crippen molar-refractivity contribution in [1.82, 2.24) is 14.7 Å². The topological polar surface area (TPSA) is 26.8 Å². The number of nitrogens with zero attached hydrogens (tertiary/aromatic N) is 3. The molecule has 2 rings (SSSR count). The van der Waals surface area contributed by atoms with Crippen LogP contribution in [0.4, 0.5) is 0 Å². The summed E-state index contributed by atoms with van der Waals surface area (Å²) in [7, 11) is 4.07. The molecule has 1 saturated heterocycles. The van der Waals surface area contributed by atoms with Gasteiger partial charge in [-0.3, -0.25) is 9.69 Å². The van der Waals surface area contributed by atoms with Crippen molar-refractivity contribution in [2.24, 2.45) is 0 Å². The SMILES string of the molecule is CSC[C@@H](C)N(C)C(=O)c1cccc(CN2CCN(C)CC2)c1. The molecule has 23 heavy (non-hydrogen) atoms. The lowest BCUT2D eigenvalue weighted by Gasteiger charge is -2.32. The van der Waals surface area contributed by atoms with E-state index in [0.717, 1.165) is 44.0 Å². The Morgan fingerprint density at radius 1 is 1.30 bits per heavy atom. The summed E-state index contributed by atoms with van der Waals surface area (Å²) in [4.78, 5) is 19.3. The first-order valence-electron chi connectivity index (χ1n) is 8.27. The molecule has 0 saturated carbocycles. The first-order chi connectivity index (χ1) is 11.0. The number of likely N-dealkylation sites (N-methyl/N-ethyl adjacent to an activating group) is 1. The molecule has 1 amide bonds. The molecule has 1 atom stereocenters. The van der Waals surface area contributed by atoms with E-state index < -0.39 is 0 Å². The molecule has 1 aromatic rings. The number of piperazine rings is 1. The molecule has 1 heterocycles. The van der Waals surface area contributed by atoms with Crippen molar-refractivity contribution in [3.63, 3.8) is 0 Å². The van der Waals surface area contributed by atoms with Crippen LogP contribution >= 0.6 is 11.8 Å². The fraction of sp³-hybridized carbons (Fsp3) is 0.611. The monoisotopic (exact) mass is 335 g/mol. The molecule has 1 fully saturated rings. The summed E-state index contributed by atoms with van der Waals surface area (Å²) in [6, 6.07) is 8.37. The maximum atomic E-state index is 12.6. The van der Waals surface area contributed by atoms with Gasteiger partial charge in [-0.1, -0.05) is 12.1 Å². The molecule has 4 nitrogen and oxygen atoms in total. The maximum absolute atomic E-state index is 12.6. The van der Waals surface area contributed by atoms with Gasteiger partial charge in [-0.05, 0) is 37.9 Å². The molecule has 5 heteroatoms. The molecule has 0 aromatic heterocycles. The van der Waals surface area contributed by atoms with Gasteiger partial charge in [0.1, 0.15) is 0 Å². The lowest BCUT2D eigenvalue weighted by Crippen LogP contribution is -2.43. The van der Waals surface area contributed by atoms with Gasteiger partial charge in [0.2, 0.25) is 0 Å². The Bertz CT molecular complexity index is 515. The minimum absolute atomic E-state index is 0.117. The van der Waals surface area contributed by atoms with E-state index in [9.17, 15) is 4.79 Å². The average Bonchev–Trinajstić information content (AvgIpc) is 2.56. The van der Waals surface area contributed by atoms with Crippen LogP contribution in [-0.4, -0.2) is 78.9 Å². The number of rotatable bonds is 6. The smallest absolute Gasteiger partial charge is 0.253 e. The van der Waals surface area contributed by atoms with Crippen molar-refractivity contribution in [2.75, 3.05) is 52.3 Å². The molecule has 0 N–H and O–H groups in total. The van der Waals surface area contributed by atoms with Crippen molar-refractivity contribution in [1.29, 1.82) is 0 Å². The molecule has 0 radical (unpaired) electrons. The zero-order chi connectivity index (χ0) is 16.8. The first-order valence-corrected chi connectivity index (χ1v) is 9.66. The molecular formula is C18H29N3OS. The van der Waals surface area contributed by atoms with Crippen molar-refractivity contribution in [3.8, 4) is 0 Å². The van der Waals surface area contributed by atoms with Crippen LogP contribution in [0.2, 0.25) is 0 Å². The molecule has 1 aliphatic rings. The number of hydrogen-bond acceptors (Lipinski definition) is 4. The summed E-state index contributed by atoms with van der Waals surface area (Å²) in [5, 5.41) is 0. The largest absolute Gasteiger partial charge is 0.338 e. The van der Waals surface area contributed by atoms with Crippen LogP contribution in [-0.2, 0) is 6.54 Å². The lowest BCUT2D eigenvalue weighted by molar-refractivity contribution is 0.0757. The highest BCUT2D eigenvalue weighted by atomic mass is 32.2. The molecule has 128 valence electrons. The molecule has 0 spiro atoms. The molecule has 0 unspecified atom stereocenters. The second-order valence-electron chi connectivity index (χ2n) is 6.50. The predicted octanol–water partition coefficient (Wildman–Crippen LogP) is 2.26. The Labute approximate surface area is 144 Å². The highest BCUT2D eigenvalue weighted by Crippen LogP contribution is 2.14. The fourth-order valence-electron chi connectivity index (χ4n) is 2.82. The van der Waals surface area contributed by atoms with Gasteiger partial charge in [-0.15, -0.1) is 0 Å². The zero-order valence-electron chi connectivity index (χ0n) is 14.8. The summed E-state index contributed by atoms with van der Waals surface area (Å²) in [6.07, 6.45) is 2.07. The Morgan fingerprint density at radius 3 is 2.65 bits per heavy atom. The van der Waals surface area contributed by atoms with Crippen molar-refractivity contribution >= 4 is 17.7 Å². The van der Waals surface area contributed by atoms with Crippen molar-refractivity contribution in [2.45, 2.75) is 19.5 Å². The normalized spacial score (nSPS) is 17.9. The Hall–Kier alpha value is -1.04. The first kappa shape index (κ1) is 18.3. The second-order valence-corrected chi connectivity index (χ2v) is 7.41. The maximum Gasteiger partial charge on any atom is 0.253 e. The van der Waals surface area contributed by atoms with Gasteiger partial charge in [0.15, 0.2) is 0 Å². The van der Waals surface area contributed by atoms with Crippen LogP contribution in [0, 0.1) is 0 Å². The predicted molar refractivity (Wildman–Crippen MR) is 99.2 cm³/mol. The van der Waals surface area contributed by atoms with E-state index >= 15 is 0 Å². The average molecular weight is 336 g/mol.